The lowest BCUT2D eigenvalue weighted by Crippen LogP contribution is -2.16. The second-order valence-corrected chi connectivity index (χ2v) is 6.49. The predicted octanol–water partition coefficient (Wildman–Crippen LogP) is 0.977. The molecule has 1 saturated heterocycles. The van der Waals surface area contributed by atoms with Crippen molar-refractivity contribution in [1.82, 2.24) is 9.97 Å². The lowest BCUT2D eigenvalue weighted by molar-refractivity contribution is 0.595. The lowest BCUT2D eigenvalue weighted by atomic mass is 10.1. The first-order valence-corrected chi connectivity index (χ1v) is 7.17. The summed E-state index contributed by atoms with van der Waals surface area (Å²) in [4.78, 5) is 7.90. The summed E-state index contributed by atoms with van der Waals surface area (Å²) in [5.74, 6) is 1.29. The molecule has 1 atom stereocenters. The minimum Gasteiger partial charge on any atom is -0.368 e. The van der Waals surface area contributed by atoms with E-state index in [2.05, 4.69) is 15.3 Å². The second-order valence-electron chi connectivity index (χ2n) is 3.88. The van der Waals surface area contributed by atoms with E-state index in [1.165, 1.54) is 6.20 Å². The van der Waals surface area contributed by atoms with E-state index in [9.17, 15) is 8.42 Å². The Balaban J connectivity index is 1.89. The first-order valence-electron chi connectivity index (χ1n) is 4.97. The van der Waals surface area contributed by atoms with E-state index in [4.69, 9.17) is 11.6 Å². The number of halogens is 1. The first kappa shape index (κ1) is 11.6. The molecule has 0 radical (unpaired) electrons. The van der Waals surface area contributed by atoms with Gasteiger partial charge in [-0.3, -0.25) is 4.98 Å². The Morgan fingerprint density at radius 2 is 2.31 bits per heavy atom. The van der Waals surface area contributed by atoms with Gasteiger partial charge in [-0.05, 0) is 12.3 Å². The van der Waals surface area contributed by atoms with E-state index in [-0.39, 0.29) is 11.7 Å². The number of sulfone groups is 1. The minimum atomic E-state index is -2.81. The number of hydrogen-bond acceptors (Lipinski definition) is 5. The van der Waals surface area contributed by atoms with Crippen molar-refractivity contribution in [2.75, 3.05) is 23.4 Å². The Morgan fingerprint density at radius 1 is 1.50 bits per heavy atom. The van der Waals surface area contributed by atoms with Crippen molar-refractivity contribution in [3.05, 3.63) is 17.5 Å². The Morgan fingerprint density at radius 3 is 2.94 bits per heavy atom. The van der Waals surface area contributed by atoms with E-state index in [0.717, 1.165) is 0 Å². The van der Waals surface area contributed by atoms with Crippen molar-refractivity contribution < 1.29 is 8.42 Å². The van der Waals surface area contributed by atoms with Gasteiger partial charge >= 0.3 is 0 Å². The molecular weight excluding hydrogens is 250 g/mol. The van der Waals surface area contributed by atoms with Crippen LogP contribution in [0.25, 0.3) is 0 Å². The van der Waals surface area contributed by atoms with Crippen LogP contribution in [0.4, 0.5) is 5.82 Å². The maximum absolute atomic E-state index is 11.2. The van der Waals surface area contributed by atoms with E-state index >= 15 is 0 Å². The Labute approximate surface area is 99.2 Å². The number of nitrogens with one attached hydrogen (secondary N) is 1. The third kappa shape index (κ3) is 3.05. The van der Waals surface area contributed by atoms with Crippen LogP contribution in [-0.4, -0.2) is 36.4 Å². The van der Waals surface area contributed by atoms with E-state index in [0.29, 0.717) is 29.7 Å². The van der Waals surface area contributed by atoms with Gasteiger partial charge in [-0.1, -0.05) is 11.6 Å². The zero-order valence-corrected chi connectivity index (χ0v) is 10.1. The average Bonchev–Trinajstić information content (AvgIpc) is 2.56. The molecule has 1 N–H and O–H groups in total. The molecule has 0 unspecified atom stereocenters. The number of hydrogen-bond donors (Lipinski definition) is 1. The molecule has 0 aromatic carbocycles. The van der Waals surface area contributed by atoms with E-state index < -0.39 is 9.84 Å². The topological polar surface area (TPSA) is 72.0 Å². The van der Waals surface area contributed by atoms with Gasteiger partial charge in [-0.25, -0.2) is 13.4 Å². The summed E-state index contributed by atoms with van der Waals surface area (Å²) < 4.78 is 22.5. The highest BCUT2D eigenvalue weighted by Gasteiger charge is 2.27. The third-order valence-corrected chi connectivity index (χ3v) is 4.52. The van der Waals surface area contributed by atoms with Crippen LogP contribution in [0.1, 0.15) is 6.42 Å². The fourth-order valence-corrected chi connectivity index (χ4v) is 3.72. The van der Waals surface area contributed by atoms with Gasteiger partial charge in [-0.2, -0.15) is 0 Å². The summed E-state index contributed by atoms with van der Waals surface area (Å²) in [5.41, 5.74) is 0. The molecule has 1 aromatic heterocycles. The smallest absolute Gasteiger partial charge is 0.150 e. The van der Waals surface area contributed by atoms with Crippen LogP contribution in [0.3, 0.4) is 0 Å². The Hall–Kier alpha value is -0.880. The largest absolute Gasteiger partial charge is 0.368 e. The molecule has 0 spiro atoms. The molecule has 0 aliphatic carbocycles. The Kier molecular flexibility index (Phi) is 3.30. The predicted molar refractivity (Wildman–Crippen MR) is 62.3 cm³/mol. The molecule has 1 aliphatic rings. The standard InChI is InChI=1S/C9H12ClN3O2S/c10-8-4-11-5-9(13-8)12-3-7-1-2-16(14,15)6-7/h4-5,7H,1-3,6H2,(H,12,13)/t7-/m0/s1. The quantitative estimate of drug-likeness (QED) is 0.878. The van der Waals surface area contributed by atoms with Crippen LogP contribution in [0.15, 0.2) is 12.4 Å². The van der Waals surface area contributed by atoms with Gasteiger partial charge in [0.25, 0.3) is 0 Å². The summed E-state index contributed by atoms with van der Waals surface area (Å²) in [7, 11) is -2.81. The second kappa shape index (κ2) is 4.55. The number of rotatable bonds is 3. The molecule has 88 valence electrons. The molecule has 1 aliphatic heterocycles. The van der Waals surface area contributed by atoms with Gasteiger partial charge in [0.2, 0.25) is 0 Å². The molecule has 5 nitrogen and oxygen atoms in total. The van der Waals surface area contributed by atoms with Crippen molar-refractivity contribution in [1.29, 1.82) is 0 Å². The lowest BCUT2D eigenvalue weighted by Gasteiger charge is -2.09. The van der Waals surface area contributed by atoms with Gasteiger partial charge in [0.05, 0.1) is 23.9 Å². The highest BCUT2D eigenvalue weighted by Crippen LogP contribution is 2.18. The van der Waals surface area contributed by atoms with Crippen LogP contribution in [0.5, 0.6) is 0 Å². The monoisotopic (exact) mass is 261 g/mol. The number of nitrogens with zero attached hydrogens (tertiary/aromatic N) is 2. The molecule has 2 rings (SSSR count). The maximum Gasteiger partial charge on any atom is 0.150 e. The van der Waals surface area contributed by atoms with Crippen molar-refractivity contribution in [2.24, 2.45) is 5.92 Å². The molecule has 16 heavy (non-hydrogen) atoms. The first-order chi connectivity index (χ1) is 7.55. The molecular formula is C9H12ClN3O2S. The number of anilines is 1. The van der Waals surface area contributed by atoms with Crippen molar-refractivity contribution in [3.63, 3.8) is 0 Å². The SMILES string of the molecule is O=S1(=O)CC[C@@H](CNc2cncc(Cl)n2)C1. The molecule has 0 saturated carbocycles. The summed E-state index contributed by atoms with van der Waals surface area (Å²) in [6.07, 6.45) is 3.73. The molecule has 0 amide bonds. The van der Waals surface area contributed by atoms with Gasteiger partial charge in [0.1, 0.15) is 11.0 Å². The van der Waals surface area contributed by atoms with Gasteiger partial charge < -0.3 is 5.32 Å². The summed E-state index contributed by atoms with van der Waals surface area (Å²) in [6.45, 7) is 0.592. The average molecular weight is 262 g/mol. The molecule has 7 heteroatoms. The molecule has 0 bridgehead atoms. The summed E-state index contributed by atoms with van der Waals surface area (Å²) >= 11 is 5.68. The molecule has 1 fully saturated rings. The van der Waals surface area contributed by atoms with Crippen LogP contribution < -0.4 is 5.32 Å². The third-order valence-electron chi connectivity index (χ3n) is 2.50. The number of aromatic nitrogens is 2. The zero-order valence-electron chi connectivity index (χ0n) is 8.56. The highest BCUT2D eigenvalue weighted by atomic mass is 35.5. The van der Waals surface area contributed by atoms with Gasteiger partial charge in [0.15, 0.2) is 9.84 Å². The van der Waals surface area contributed by atoms with Crippen LogP contribution in [-0.2, 0) is 9.84 Å². The molecule has 1 aromatic rings. The van der Waals surface area contributed by atoms with Crippen LogP contribution in [0.2, 0.25) is 5.15 Å². The summed E-state index contributed by atoms with van der Waals surface area (Å²) in [5, 5.41) is 3.37. The zero-order chi connectivity index (χ0) is 11.6. The highest BCUT2D eigenvalue weighted by molar-refractivity contribution is 7.91. The van der Waals surface area contributed by atoms with E-state index in [1.54, 1.807) is 6.20 Å². The molecule has 2 heterocycles. The fourth-order valence-electron chi connectivity index (χ4n) is 1.71. The van der Waals surface area contributed by atoms with Crippen LogP contribution >= 0.6 is 11.6 Å². The fraction of sp³-hybridized carbons (Fsp3) is 0.556. The normalized spacial score (nSPS) is 23.2. The Bertz CT molecular complexity index is 477. The van der Waals surface area contributed by atoms with Gasteiger partial charge in [-0.15, -0.1) is 0 Å². The van der Waals surface area contributed by atoms with Crippen LogP contribution in [0, 0.1) is 5.92 Å². The van der Waals surface area contributed by atoms with Gasteiger partial charge in [0, 0.05) is 6.54 Å². The maximum atomic E-state index is 11.2. The van der Waals surface area contributed by atoms with Crippen molar-refractivity contribution >= 4 is 27.3 Å². The van der Waals surface area contributed by atoms with Crippen molar-refractivity contribution in [2.45, 2.75) is 6.42 Å². The minimum absolute atomic E-state index is 0.158. The summed E-state index contributed by atoms with van der Waals surface area (Å²) in [6, 6.07) is 0. The van der Waals surface area contributed by atoms with E-state index in [1.807, 2.05) is 0 Å². The van der Waals surface area contributed by atoms with Crippen molar-refractivity contribution in [3.8, 4) is 0 Å².